The van der Waals surface area contributed by atoms with Gasteiger partial charge in [0.15, 0.2) is 11.6 Å². The van der Waals surface area contributed by atoms with Gasteiger partial charge in [-0.3, -0.25) is 15.0 Å². The first kappa shape index (κ1) is 87.8. The molecule has 28 rings (SSSR count). The minimum Gasteiger partial charge on any atom is -0.256 e. The van der Waals surface area contributed by atoms with Crippen LogP contribution >= 0.6 is 11.3 Å². The van der Waals surface area contributed by atoms with Gasteiger partial charge in [0.1, 0.15) is 0 Å². The maximum absolute atomic E-state index is 5.29. The molecule has 0 bridgehead atoms. The van der Waals surface area contributed by atoms with Gasteiger partial charge in [-0.05, 0) is 195 Å². The fourth-order valence-corrected chi connectivity index (χ4v) is 21.8. The monoisotopic (exact) mass is 1890 g/mol. The highest BCUT2D eigenvalue weighted by molar-refractivity contribution is 7.26. The summed E-state index contributed by atoms with van der Waals surface area (Å²) in [5.41, 5.74) is 37.6. The fourth-order valence-electron chi connectivity index (χ4n) is 20.7. The molecule has 21 aromatic carbocycles. The van der Waals surface area contributed by atoms with Crippen LogP contribution in [0.15, 0.2) is 528 Å². The van der Waals surface area contributed by atoms with E-state index in [1.54, 1.807) is 11.3 Å². The Bertz CT molecular complexity index is 9930. The minimum absolute atomic E-state index is 0.710. The van der Waals surface area contributed by atoms with Crippen molar-refractivity contribution in [2.24, 2.45) is 0 Å². The zero-order valence-electron chi connectivity index (χ0n) is 79.7. The molecular formula is C137H87N9S. The van der Waals surface area contributed by atoms with Crippen molar-refractivity contribution in [3.8, 4) is 168 Å². The molecule has 0 fully saturated rings. The van der Waals surface area contributed by atoms with Crippen LogP contribution in [0.25, 0.3) is 275 Å². The second-order valence-electron chi connectivity index (χ2n) is 36.9. The summed E-state index contributed by atoms with van der Waals surface area (Å²) in [5, 5.41) is 12.7. The fraction of sp³-hybridized carbons (Fsp3) is 0. The van der Waals surface area contributed by atoms with Crippen LogP contribution in [0.5, 0.6) is 0 Å². The van der Waals surface area contributed by atoms with Gasteiger partial charge in [-0.15, -0.1) is 11.3 Å². The third-order valence-electron chi connectivity index (χ3n) is 28.0. The Labute approximate surface area is 853 Å². The summed E-state index contributed by atoms with van der Waals surface area (Å²) in [7, 11) is 0. The molecule has 0 spiro atoms. The van der Waals surface area contributed by atoms with E-state index in [9.17, 15) is 0 Å². The van der Waals surface area contributed by atoms with Gasteiger partial charge in [-0.2, -0.15) is 0 Å². The lowest BCUT2D eigenvalue weighted by Crippen LogP contribution is -1.96. The van der Waals surface area contributed by atoms with Gasteiger partial charge in [0.2, 0.25) is 0 Å². The minimum atomic E-state index is 0.710. The topological polar surface area (TPSA) is 116 Å². The normalized spacial score (nSPS) is 11.4. The van der Waals surface area contributed by atoms with E-state index in [1.807, 2.05) is 79.3 Å². The van der Waals surface area contributed by atoms with Crippen LogP contribution in [0.1, 0.15) is 0 Å². The second-order valence-corrected chi connectivity index (χ2v) is 38.0. The summed E-state index contributed by atoms with van der Waals surface area (Å²) >= 11 is 1.76. The molecule has 0 radical (unpaired) electrons. The van der Waals surface area contributed by atoms with E-state index in [0.717, 1.165) is 182 Å². The van der Waals surface area contributed by atoms with Crippen molar-refractivity contribution in [3.05, 3.63) is 528 Å². The SMILES string of the molecule is c1ccc(-c2ccc(-c3nc(-c4cccc(-c5cccc(-c6cccc7c6ccc6cccnc67)c5)c4)nc4c3sc3ccccc34)cc2)cc1.c1ccc(-c2ccc(-c3nc(-c4cccc(-c5cccc(-c6cccc7c6ccc6cccnc67)c5)c4)nc4ccccc34)cc2)cc1.c1ccc(-c2ccc(-c3nc4ccccc4nc3-c3cccc(-c4cccc(-c5cccc6c5ccc5cccnc56)c4)c3)cc2)cc1. The molecule has 28 aromatic rings. The average Bonchev–Trinajstić information content (AvgIpc) is 1.62. The molecular weight excluding hydrogens is 1800 g/mol. The second kappa shape index (κ2) is 38.6. The van der Waals surface area contributed by atoms with Gasteiger partial charge in [-0.25, -0.2) is 29.9 Å². The Balaban J connectivity index is 0.000000112. The van der Waals surface area contributed by atoms with Crippen LogP contribution in [-0.2, 0) is 0 Å². The smallest absolute Gasteiger partial charge is 0.160 e. The molecule has 147 heavy (non-hydrogen) atoms. The number of pyridine rings is 3. The molecule has 7 aromatic heterocycles. The van der Waals surface area contributed by atoms with Crippen LogP contribution in [0.3, 0.4) is 0 Å². The number of hydrogen-bond donors (Lipinski definition) is 0. The highest BCUT2D eigenvalue weighted by Gasteiger charge is 2.23. The summed E-state index contributed by atoms with van der Waals surface area (Å²) < 4.78 is 2.32. The molecule has 0 aliphatic carbocycles. The lowest BCUT2D eigenvalue weighted by atomic mass is 9.93. The van der Waals surface area contributed by atoms with E-state index in [0.29, 0.717) is 5.82 Å². The highest BCUT2D eigenvalue weighted by atomic mass is 32.1. The number of fused-ring (bicyclic) bond motifs is 14. The molecule has 0 saturated heterocycles. The Morgan fingerprint density at radius 1 is 0.143 bits per heavy atom. The first-order chi connectivity index (χ1) is 72.8. The quantitative estimate of drug-likeness (QED) is 0.0925. The lowest BCUT2D eigenvalue weighted by Gasteiger charge is -2.13. The van der Waals surface area contributed by atoms with Gasteiger partial charge in [0.05, 0.1) is 66.1 Å². The summed E-state index contributed by atoms with van der Waals surface area (Å²) in [4.78, 5) is 45.2. The molecule has 10 heteroatoms. The zero-order valence-corrected chi connectivity index (χ0v) is 80.5. The van der Waals surface area contributed by atoms with E-state index in [2.05, 4.69) is 449 Å². The molecule has 7 heterocycles. The molecule has 686 valence electrons. The van der Waals surface area contributed by atoms with E-state index in [4.69, 9.17) is 44.9 Å². The standard InChI is InChI=1S/C47H29N3S.2C45H29N3/c1-2-10-30(11-3-1)31-21-23-33(24-22-31)44-46-45(41-17-4-5-20-42(41)51-46)50-47(49-44)37-15-7-13-35(29-37)34-12-6-14-36(28-34)38-18-8-19-40-39(38)26-25-32-16-9-27-48-43(32)40;1-2-10-30(11-3-1)31-21-23-33(24-22-31)44-45(48-42-20-5-4-19-41(42)47-44)37-15-7-13-35(29-37)34-12-6-14-36(28-34)38-17-8-18-40-39(38)26-25-32-16-9-27-46-43(32)40;1-2-10-30(11-3-1)31-21-23-33(24-22-31)44-41-17-4-5-20-42(41)47-45(48-44)37-15-7-13-35(29-37)34-12-6-14-36(28-34)38-18-8-19-40-39(38)26-25-32-16-9-27-46-43(32)40/h1-29H;2*1-29H. The van der Waals surface area contributed by atoms with Crippen molar-refractivity contribution < 1.29 is 0 Å². The predicted molar refractivity (Wildman–Crippen MR) is 614 cm³/mol. The molecule has 0 saturated carbocycles. The Kier molecular flexibility index (Phi) is 23.0. The number of hydrogen-bond acceptors (Lipinski definition) is 10. The van der Waals surface area contributed by atoms with Crippen molar-refractivity contribution >= 4 is 119 Å². The van der Waals surface area contributed by atoms with Crippen LogP contribution in [0.4, 0.5) is 0 Å². The molecule has 0 aliphatic rings. The van der Waals surface area contributed by atoms with Crippen molar-refractivity contribution in [2.45, 2.75) is 0 Å². The summed E-state index contributed by atoms with van der Waals surface area (Å²) in [6, 6.07) is 180. The molecule has 9 nitrogen and oxygen atoms in total. The van der Waals surface area contributed by atoms with Gasteiger partial charge < -0.3 is 0 Å². The number of para-hydroxylation sites is 3. The maximum atomic E-state index is 5.29. The average molecular weight is 1890 g/mol. The van der Waals surface area contributed by atoms with E-state index < -0.39 is 0 Å². The summed E-state index contributed by atoms with van der Waals surface area (Å²) in [6.07, 6.45) is 5.61. The Hall–Kier alpha value is -19.4. The number of nitrogens with zero attached hydrogens (tertiary/aromatic N) is 9. The van der Waals surface area contributed by atoms with E-state index in [1.165, 1.54) is 87.6 Å². The molecule has 0 atom stereocenters. The Morgan fingerprint density at radius 3 is 0.864 bits per heavy atom. The third-order valence-corrected chi connectivity index (χ3v) is 29.1. The molecule has 0 aliphatic heterocycles. The Morgan fingerprint density at radius 2 is 0.435 bits per heavy atom. The van der Waals surface area contributed by atoms with Crippen LogP contribution in [-0.4, -0.2) is 44.9 Å². The zero-order chi connectivity index (χ0) is 97.5. The van der Waals surface area contributed by atoms with Gasteiger partial charge in [0.25, 0.3) is 0 Å². The van der Waals surface area contributed by atoms with Crippen molar-refractivity contribution in [3.63, 3.8) is 0 Å². The first-order valence-electron chi connectivity index (χ1n) is 49.5. The maximum Gasteiger partial charge on any atom is 0.160 e. The van der Waals surface area contributed by atoms with Crippen molar-refractivity contribution in [2.75, 3.05) is 0 Å². The van der Waals surface area contributed by atoms with E-state index >= 15 is 0 Å². The predicted octanol–water partition coefficient (Wildman–Crippen LogP) is 36.2. The van der Waals surface area contributed by atoms with E-state index in [-0.39, 0.29) is 0 Å². The number of aromatic nitrogens is 9. The lowest BCUT2D eigenvalue weighted by molar-refractivity contribution is 1.23. The van der Waals surface area contributed by atoms with Crippen molar-refractivity contribution in [1.29, 1.82) is 0 Å². The molecule has 0 N–H and O–H groups in total. The van der Waals surface area contributed by atoms with Gasteiger partial charge in [0, 0.05) is 99.8 Å². The van der Waals surface area contributed by atoms with Crippen LogP contribution in [0.2, 0.25) is 0 Å². The summed E-state index contributed by atoms with van der Waals surface area (Å²) in [6.45, 7) is 0. The molecule has 0 amide bonds. The largest absolute Gasteiger partial charge is 0.256 e. The first-order valence-corrected chi connectivity index (χ1v) is 50.3. The molecule has 0 unspecified atom stereocenters. The third kappa shape index (κ3) is 17.2. The van der Waals surface area contributed by atoms with Gasteiger partial charge >= 0.3 is 0 Å². The number of rotatable bonds is 15. The summed E-state index contributed by atoms with van der Waals surface area (Å²) in [5.74, 6) is 1.43. The van der Waals surface area contributed by atoms with Crippen molar-refractivity contribution in [1.82, 2.24) is 44.9 Å². The highest BCUT2D eigenvalue weighted by Crippen LogP contribution is 2.46. The van der Waals surface area contributed by atoms with Gasteiger partial charge in [-0.1, -0.05) is 431 Å². The van der Waals surface area contributed by atoms with Crippen LogP contribution in [0, 0.1) is 0 Å². The number of benzene rings is 21. The number of thiophene rings is 1. The van der Waals surface area contributed by atoms with Crippen LogP contribution < -0.4 is 0 Å².